The van der Waals surface area contributed by atoms with Crippen LogP contribution in [-0.2, 0) is 19.1 Å². The normalized spacial score (nSPS) is 38.3. The van der Waals surface area contributed by atoms with E-state index in [1.54, 1.807) is 18.2 Å². The van der Waals surface area contributed by atoms with Crippen molar-refractivity contribution in [2.24, 2.45) is 17.3 Å². The summed E-state index contributed by atoms with van der Waals surface area (Å²) in [5, 5.41) is 14.4. The number of carbonyl (C=O) groups excluding carboxylic acids is 2. The lowest BCUT2D eigenvalue weighted by Gasteiger charge is -2.62. The summed E-state index contributed by atoms with van der Waals surface area (Å²) in [5.41, 5.74) is -2.42. The highest BCUT2D eigenvalue weighted by Crippen LogP contribution is 2.68. The molecule has 230 valence electrons. The van der Waals surface area contributed by atoms with Crippen molar-refractivity contribution in [3.63, 3.8) is 0 Å². The molecule has 7 atom stereocenters. The van der Waals surface area contributed by atoms with E-state index in [0.29, 0.717) is 6.42 Å². The molecule has 3 unspecified atom stereocenters. The van der Waals surface area contributed by atoms with E-state index in [-0.39, 0.29) is 29.4 Å². The summed E-state index contributed by atoms with van der Waals surface area (Å²) in [6.07, 6.45) is 2.32. The average molecular weight is 600 g/mol. The van der Waals surface area contributed by atoms with Crippen LogP contribution in [0.2, 0.25) is 0 Å². The molecule has 2 saturated heterocycles. The molecule has 7 nitrogen and oxygen atoms in total. The van der Waals surface area contributed by atoms with E-state index in [4.69, 9.17) is 9.47 Å². The van der Waals surface area contributed by atoms with Gasteiger partial charge in [0.1, 0.15) is 17.4 Å². The van der Waals surface area contributed by atoms with Crippen LogP contribution in [0.15, 0.2) is 58.9 Å². The first-order valence-electron chi connectivity index (χ1n) is 15.4. The van der Waals surface area contributed by atoms with Gasteiger partial charge in [-0.3, -0.25) is 9.59 Å². The standard InChI is InChI=1S/C33H37F3N2O5/c1-19(39)42-26-17-32(41,37-30(40)24(33(34,35)36)15-20-7-4-3-5-8-20)29-28-22(26)16-25-23-9-6-10-27(43-29)31(23,28)13-14-38(25,2)18-21-11-12-21/h3-5,7-8,15,17,21,23,25,27,29,41H,6,9-14,16,18H2,1-2H3/p+1/t23-,25+,27-,29?,31+,32?,38?/m0/s1. The molecule has 6 aliphatic rings. The number of piperidine rings is 1. The van der Waals surface area contributed by atoms with E-state index < -0.39 is 40.9 Å². The van der Waals surface area contributed by atoms with Gasteiger partial charge < -0.3 is 24.4 Å². The Hall–Kier alpha value is -2.95. The topological polar surface area (TPSA) is 84.9 Å². The zero-order valence-corrected chi connectivity index (χ0v) is 24.5. The van der Waals surface area contributed by atoms with Crippen LogP contribution < -0.4 is 5.32 Å². The lowest BCUT2D eigenvalue weighted by Crippen LogP contribution is -2.69. The van der Waals surface area contributed by atoms with Gasteiger partial charge in [-0.25, -0.2) is 0 Å². The van der Waals surface area contributed by atoms with E-state index in [9.17, 15) is 27.9 Å². The molecule has 4 fully saturated rings. The molecule has 1 aromatic rings. The fourth-order valence-corrected chi connectivity index (χ4v) is 9.12. The number of ether oxygens (including phenoxy) is 2. The van der Waals surface area contributed by atoms with E-state index in [1.165, 1.54) is 38.0 Å². The summed E-state index contributed by atoms with van der Waals surface area (Å²) >= 11 is 0. The van der Waals surface area contributed by atoms with Crippen LogP contribution >= 0.6 is 0 Å². The Morgan fingerprint density at radius 3 is 2.60 bits per heavy atom. The van der Waals surface area contributed by atoms with Crippen molar-refractivity contribution in [3.05, 3.63) is 64.4 Å². The number of esters is 1. The first kappa shape index (κ1) is 28.8. The van der Waals surface area contributed by atoms with Crippen molar-refractivity contribution in [2.45, 2.75) is 82.0 Å². The zero-order valence-electron chi connectivity index (χ0n) is 24.5. The third-order valence-electron chi connectivity index (χ3n) is 11.0. The summed E-state index contributed by atoms with van der Waals surface area (Å²) in [5.74, 6) is -0.985. The zero-order chi connectivity index (χ0) is 30.4. The minimum absolute atomic E-state index is 0.111. The monoisotopic (exact) mass is 599 g/mol. The van der Waals surface area contributed by atoms with Gasteiger partial charge in [0.25, 0.3) is 5.91 Å². The molecule has 2 heterocycles. The first-order valence-corrected chi connectivity index (χ1v) is 15.4. The van der Waals surface area contributed by atoms with Crippen molar-refractivity contribution in [1.29, 1.82) is 0 Å². The molecule has 0 aromatic heterocycles. The predicted molar refractivity (Wildman–Crippen MR) is 151 cm³/mol. The van der Waals surface area contributed by atoms with Crippen LogP contribution in [0, 0.1) is 17.3 Å². The number of allylic oxidation sites excluding steroid dienone is 1. The summed E-state index contributed by atoms with van der Waals surface area (Å²) in [4.78, 5) is 25.7. The van der Waals surface area contributed by atoms with E-state index >= 15 is 0 Å². The predicted octanol–water partition coefficient (Wildman–Crippen LogP) is 4.78. The second-order valence-electron chi connectivity index (χ2n) is 13.7. The Morgan fingerprint density at radius 1 is 1.19 bits per heavy atom. The molecule has 1 spiro atoms. The molecule has 7 rings (SSSR count). The largest absolute Gasteiger partial charge is 0.427 e. The third kappa shape index (κ3) is 4.59. The molecule has 1 amide bonds. The highest BCUT2D eigenvalue weighted by Gasteiger charge is 2.72. The van der Waals surface area contributed by atoms with E-state index in [0.717, 1.165) is 66.4 Å². The third-order valence-corrected chi connectivity index (χ3v) is 11.0. The van der Waals surface area contributed by atoms with Crippen molar-refractivity contribution < 1.29 is 41.8 Å². The Kier molecular flexibility index (Phi) is 6.55. The van der Waals surface area contributed by atoms with Crippen molar-refractivity contribution >= 4 is 18.0 Å². The maximum absolute atomic E-state index is 14.2. The number of halogens is 3. The van der Waals surface area contributed by atoms with Gasteiger partial charge in [0.05, 0.1) is 32.3 Å². The molecule has 43 heavy (non-hydrogen) atoms. The number of nitrogens with one attached hydrogen (secondary N) is 1. The van der Waals surface area contributed by atoms with E-state index in [1.807, 2.05) is 0 Å². The fourth-order valence-electron chi connectivity index (χ4n) is 9.12. The minimum atomic E-state index is -4.99. The Bertz CT molecular complexity index is 1450. The highest BCUT2D eigenvalue weighted by atomic mass is 19.4. The second-order valence-corrected chi connectivity index (χ2v) is 13.7. The maximum atomic E-state index is 14.2. The number of quaternary nitrogens is 1. The fraction of sp³-hybridized carbons (Fsp3) is 0.576. The molecule has 2 N–H and O–H groups in total. The van der Waals surface area contributed by atoms with Crippen LogP contribution in [0.25, 0.3) is 6.08 Å². The summed E-state index contributed by atoms with van der Waals surface area (Å²) < 4.78 is 55.9. The first-order chi connectivity index (χ1) is 20.3. The summed E-state index contributed by atoms with van der Waals surface area (Å²) in [7, 11) is 2.34. The molecule has 2 aliphatic heterocycles. The lowest BCUT2D eigenvalue weighted by atomic mass is 9.50. The number of aliphatic hydroxyl groups is 1. The number of rotatable bonds is 6. The molecule has 10 heteroatoms. The van der Waals surface area contributed by atoms with Gasteiger partial charge in [0, 0.05) is 48.7 Å². The Labute approximate surface area is 249 Å². The van der Waals surface area contributed by atoms with Gasteiger partial charge in [-0.2, -0.15) is 13.2 Å². The van der Waals surface area contributed by atoms with E-state index in [2.05, 4.69) is 12.4 Å². The number of nitrogens with zero attached hydrogens (tertiary/aromatic N) is 1. The number of hydrogen-bond acceptors (Lipinski definition) is 5. The summed E-state index contributed by atoms with van der Waals surface area (Å²) in [6.45, 7) is 3.30. The average Bonchev–Trinajstić information content (AvgIpc) is 3.67. The van der Waals surface area contributed by atoms with Gasteiger partial charge in [-0.05, 0) is 42.9 Å². The van der Waals surface area contributed by atoms with Gasteiger partial charge in [0.15, 0.2) is 5.72 Å². The van der Waals surface area contributed by atoms with Crippen LogP contribution in [-0.4, -0.2) is 71.8 Å². The molecule has 4 aliphatic carbocycles. The highest BCUT2D eigenvalue weighted by molar-refractivity contribution is 5.99. The van der Waals surface area contributed by atoms with Crippen LogP contribution in [0.3, 0.4) is 0 Å². The van der Waals surface area contributed by atoms with Crippen molar-refractivity contribution in [1.82, 2.24) is 5.32 Å². The van der Waals surface area contributed by atoms with Gasteiger partial charge >= 0.3 is 12.1 Å². The number of alkyl halides is 3. The number of carbonyl (C=O) groups is 2. The number of likely N-dealkylation sites (tertiary alicyclic amines) is 1. The smallest absolute Gasteiger partial charge is 0.421 e. The number of benzene rings is 1. The SMILES string of the molecule is CC(=O)OC1=CC(O)(NC(=O)C(=Cc2ccccc2)C(F)(F)F)C2O[C@H]3CCC[C@H]4[C@H]5CC1=C2[C@@]34CC[N+]5(C)CC1CC1. The van der Waals surface area contributed by atoms with Crippen molar-refractivity contribution in [3.8, 4) is 0 Å². The lowest BCUT2D eigenvalue weighted by molar-refractivity contribution is -0.947. The van der Waals surface area contributed by atoms with Gasteiger partial charge in [0.2, 0.25) is 0 Å². The minimum Gasteiger partial charge on any atom is -0.427 e. The quantitative estimate of drug-likeness (QED) is 0.213. The van der Waals surface area contributed by atoms with Crippen LogP contribution in [0.4, 0.5) is 13.2 Å². The maximum Gasteiger partial charge on any atom is 0.421 e. The van der Waals surface area contributed by atoms with Gasteiger partial charge in [-0.15, -0.1) is 0 Å². The molecule has 0 radical (unpaired) electrons. The molecule has 1 aromatic carbocycles. The van der Waals surface area contributed by atoms with Gasteiger partial charge in [-0.1, -0.05) is 36.8 Å². The molecule has 2 bridgehead atoms. The number of amides is 1. The van der Waals surface area contributed by atoms with Crippen LogP contribution in [0.1, 0.15) is 57.4 Å². The summed E-state index contributed by atoms with van der Waals surface area (Å²) in [6, 6.07) is 8.03. The van der Waals surface area contributed by atoms with Crippen LogP contribution in [0.5, 0.6) is 0 Å². The Balaban J connectivity index is 1.31. The molecular formula is C33H38F3N2O5+. The van der Waals surface area contributed by atoms with Crippen molar-refractivity contribution in [2.75, 3.05) is 20.1 Å². The molecule has 2 saturated carbocycles. The number of hydrogen-bond donors (Lipinski definition) is 2. The second kappa shape index (κ2) is 9.78. The Morgan fingerprint density at radius 2 is 1.93 bits per heavy atom. The molecular weight excluding hydrogens is 561 g/mol.